The van der Waals surface area contributed by atoms with Gasteiger partial charge in [0, 0.05) is 9.77 Å². The molecule has 0 radical (unpaired) electrons. The number of rotatable bonds is 3. The summed E-state index contributed by atoms with van der Waals surface area (Å²) in [5, 5.41) is 3.11. The summed E-state index contributed by atoms with van der Waals surface area (Å²) in [5.41, 5.74) is 0.919. The minimum atomic E-state index is -0.570. The second-order valence-corrected chi connectivity index (χ2v) is 5.71. The normalized spacial score (nSPS) is 10.5. The standard InChI is InChI=1S/C13H13FN2OS2/c1-3-11-7(2)19-13(15-11)16-12(17)9-6-8(18)4-5-10(9)14/h4-6,18H,3H2,1-2H3,(H,15,16,17). The Balaban J connectivity index is 2.22. The minimum Gasteiger partial charge on any atom is -0.298 e. The maximum absolute atomic E-state index is 13.6. The summed E-state index contributed by atoms with van der Waals surface area (Å²) >= 11 is 5.49. The molecule has 1 aromatic carbocycles. The van der Waals surface area contributed by atoms with Gasteiger partial charge in [0.05, 0.1) is 11.3 Å². The molecule has 1 aromatic heterocycles. The van der Waals surface area contributed by atoms with Crippen LogP contribution in [0.1, 0.15) is 27.9 Å². The van der Waals surface area contributed by atoms with Crippen molar-refractivity contribution in [3.63, 3.8) is 0 Å². The number of hydrogen-bond acceptors (Lipinski definition) is 4. The van der Waals surface area contributed by atoms with Crippen molar-refractivity contribution in [3.05, 3.63) is 40.2 Å². The first-order valence-electron chi connectivity index (χ1n) is 5.77. The van der Waals surface area contributed by atoms with E-state index in [1.54, 1.807) is 0 Å². The molecule has 100 valence electrons. The number of hydrogen-bond donors (Lipinski definition) is 2. The van der Waals surface area contributed by atoms with E-state index in [0.717, 1.165) is 17.0 Å². The summed E-state index contributed by atoms with van der Waals surface area (Å²) < 4.78 is 13.6. The van der Waals surface area contributed by atoms with Crippen LogP contribution in [0.2, 0.25) is 0 Å². The van der Waals surface area contributed by atoms with E-state index in [-0.39, 0.29) is 5.56 Å². The zero-order chi connectivity index (χ0) is 14.0. The van der Waals surface area contributed by atoms with E-state index in [1.165, 1.54) is 29.5 Å². The number of thiazole rings is 1. The molecule has 2 aromatic rings. The Labute approximate surface area is 120 Å². The summed E-state index contributed by atoms with van der Waals surface area (Å²) in [5.74, 6) is -1.08. The third-order valence-electron chi connectivity index (χ3n) is 2.64. The number of halogens is 1. The molecule has 6 heteroatoms. The largest absolute Gasteiger partial charge is 0.298 e. The molecule has 2 rings (SSSR count). The van der Waals surface area contributed by atoms with E-state index in [4.69, 9.17) is 0 Å². The molecule has 0 unspecified atom stereocenters. The Kier molecular flexibility index (Phi) is 4.21. The molecule has 19 heavy (non-hydrogen) atoms. The van der Waals surface area contributed by atoms with Gasteiger partial charge in [-0.15, -0.1) is 24.0 Å². The summed E-state index contributed by atoms with van der Waals surface area (Å²) in [6.45, 7) is 3.94. The molecule has 0 fully saturated rings. The highest BCUT2D eigenvalue weighted by Gasteiger charge is 2.14. The monoisotopic (exact) mass is 296 g/mol. The molecule has 1 heterocycles. The highest BCUT2D eigenvalue weighted by atomic mass is 32.1. The Morgan fingerprint density at radius 2 is 2.26 bits per heavy atom. The number of benzene rings is 1. The number of nitrogens with zero attached hydrogens (tertiary/aromatic N) is 1. The van der Waals surface area contributed by atoms with Crippen LogP contribution in [0.3, 0.4) is 0 Å². The van der Waals surface area contributed by atoms with Crippen LogP contribution in [0.5, 0.6) is 0 Å². The Hall–Kier alpha value is -1.40. The van der Waals surface area contributed by atoms with Gasteiger partial charge < -0.3 is 0 Å². The fourth-order valence-corrected chi connectivity index (χ4v) is 2.76. The third kappa shape index (κ3) is 3.13. The van der Waals surface area contributed by atoms with Crippen molar-refractivity contribution in [2.45, 2.75) is 25.2 Å². The van der Waals surface area contributed by atoms with Crippen LogP contribution in [-0.2, 0) is 6.42 Å². The van der Waals surface area contributed by atoms with Gasteiger partial charge in [-0.05, 0) is 31.5 Å². The van der Waals surface area contributed by atoms with E-state index in [0.29, 0.717) is 10.0 Å². The lowest BCUT2D eigenvalue weighted by Crippen LogP contribution is -2.13. The summed E-state index contributed by atoms with van der Waals surface area (Å²) in [7, 11) is 0. The van der Waals surface area contributed by atoms with Gasteiger partial charge in [0.25, 0.3) is 5.91 Å². The third-order valence-corrected chi connectivity index (χ3v) is 3.85. The van der Waals surface area contributed by atoms with Crippen molar-refractivity contribution in [2.75, 3.05) is 5.32 Å². The summed E-state index contributed by atoms with van der Waals surface area (Å²) in [6.07, 6.45) is 0.804. The van der Waals surface area contributed by atoms with Gasteiger partial charge in [-0.3, -0.25) is 10.1 Å². The molecule has 0 saturated carbocycles. The summed E-state index contributed by atoms with van der Waals surface area (Å²) in [6, 6.07) is 4.12. The molecular formula is C13H13FN2OS2. The van der Waals surface area contributed by atoms with Crippen molar-refractivity contribution >= 4 is 35.0 Å². The van der Waals surface area contributed by atoms with E-state index >= 15 is 0 Å². The Morgan fingerprint density at radius 1 is 1.53 bits per heavy atom. The zero-order valence-corrected chi connectivity index (χ0v) is 12.2. The number of amides is 1. The quantitative estimate of drug-likeness (QED) is 0.848. The average molecular weight is 296 g/mol. The lowest BCUT2D eigenvalue weighted by atomic mass is 10.2. The van der Waals surface area contributed by atoms with Crippen molar-refractivity contribution in [3.8, 4) is 0 Å². The second kappa shape index (κ2) is 5.71. The summed E-state index contributed by atoms with van der Waals surface area (Å²) in [4.78, 5) is 17.9. The first kappa shape index (κ1) is 14.0. The number of aromatic nitrogens is 1. The Morgan fingerprint density at radius 3 is 2.89 bits per heavy atom. The molecule has 0 aliphatic carbocycles. The van der Waals surface area contributed by atoms with Crippen LogP contribution in [0.4, 0.5) is 9.52 Å². The van der Waals surface area contributed by atoms with Gasteiger partial charge in [-0.25, -0.2) is 9.37 Å². The van der Waals surface area contributed by atoms with E-state index in [1.807, 2.05) is 13.8 Å². The molecule has 3 nitrogen and oxygen atoms in total. The Bertz CT molecular complexity index is 625. The second-order valence-electron chi connectivity index (χ2n) is 3.99. The highest BCUT2D eigenvalue weighted by molar-refractivity contribution is 7.80. The van der Waals surface area contributed by atoms with Crippen molar-refractivity contribution < 1.29 is 9.18 Å². The molecular weight excluding hydrogens is 283 g/mol. The van der Waals surface area contributed by atoms with Crippen LogP contribution >= 0.6 is 24.0 Å². The van der Waals surface area contributed by atoms with Crippen molar-refractivity contribution in [1.29, 1.82) is 0 Å². The minimum absolute atomic E-state index is 0.0293. The average Bonchev–Trinajstić information content (AvgIpc) is 2.72. The van der Waals surface area contributed by atoms with E-state index < -0.39 is 11.7 Å². The highest BCUT2D eigenvalue weighted by Crippen LogP contribution is 2.23. The fraction of sp³-hybridized carbons (Fsp3) is 0.231. The number of nitrogens with one attached hydrogen (secondary N) is 1. The van der Waals surface area contributed by atoms with Crippen LogP contribution in [0, 0.1) is 12.7 Å². The van der Waals surface area contributed by atoms with E-state index in [2.05, 4.69) is 22.9 Å². The van der Waals surface area contributed by atoms with Crippen molar-refractivity contribution in [2.24, 2.45) is 0 Å². The SMILES string of the molecule is CCc1nc(NC(=O)c2cc(S)ccc2F)sc1C. The molecule has 0 saturated heterocycles. The van der Waals surface area contributed by atoms with Crippen LogP contribution < -0.4 is 5.32 Å². The smallest absolute Gasteiger partial charge is 0.260 e. The number of carbonyl (C=O) groups is 1. The topological polar surface area (TPSA) is 42.0 Å². The molecule has 0 bridgehead atoms. The predicted molar refractivity (Wildman–Crippen MR) is 77.8 cm³/mol. The van der Waals surface area contributed by atoms with Crippen LogP contribution in [0.15, 0.2) is 23.1 Å². The van der Waals surface area contributed by atoms with Crippen LogP contribution in [0.25, 0.3) is 0 Å². The van der Waals surface area contributed by atoms with Crippen LogP contribution in [-0.4, -0.2) is 10.9 Å². The molecule has 1 amide bonds. The molecule has 0 spiro atoms. The maximum Gasteiger partial charge on any atom is 0.260 e. The van der Waals surface area contributed by atoms with Gasteiger partial charge in [0.15, 0.2) is 5.13 Å². The number of thiol groups is 1. The van der Waals surface area contributed by atoms with E-state index in [9.17, 15) is 9.18 Å². The molecule has 0 aliphatic heterocycles. The van der Waals surface area contributed by atoms with Gasteiger partial charge >= 0.3 is 0 Å². The lowest BCUT2D eigenvalue weighted by molar-refractivity contribution is 0.102. The van der Waals surface area contributed by atoms with Gasteiger partial charge in [0.2, 0.25) is 0 Å². The fourth-order valence-electron chi connectivity index (χ4n) is 1.66. The lowest BCUT2D eigenvalue weighted by Gasteiger charge is -2.03. The zero-order valence-electron chi connectivity index (χ0n) is 10.5. The number of carbonyl (C=O) groups excluding carboxylic acids is 1. The number of aryl methyl sites for hydroxylation is 2. The first-order valence-corrected chi connectivity index (χ1v) is 7.03. The molecule has 1 N–H and O–H groups in total. The maximum atomic E-state index is 13.6. The van der Waals surface area contributed by atoms with Gasteiger partial charge in [-0.2, -0.15) is 0 Å². The number of anilines is 1. The van der Waals surface area contributed by atoms with Gasteiger partial charge in [0.1, 0.15) is 5.82 Å². The predicted octanol–water partition coefficient (Wildman–Crippen LogP) is 3.69. The van der Waals surface area contributed by atoms with Crippen molar-refractivity contribution in [1.82, 2.24) is 4.98 Å². The molecule has 0 aliphatic rings. The molecule has 0 atom stereocenters. The first-order chi connectivity index (χ1) is 9.01. The van der Waals surface area contributed by atoms with Gasteiger partial charge in [-0.1, -0.05) is 6.92 Å².